The van der Waals surface area contributed by atoms with Gasteiger partial charge in [-0.05, 0) is 60.8 Å². The molecule has 0 heterocycles. The molecule has 0 radical (unpaired) electrons. The zero-order valence-corrected chi connectivity index (χ0v) is 15.9. The molecule has 4 rings (SSSR count). The molecule has 3 aliphatic rings. The molecule has 0 bridgehead atoms. The number of amides is 2. The Bertz CT molecular complexity index is 718. The van der Waals surface area contributed by atoms with Crippen molar-refractivity contribution in [1.82, 2.24) is 10.6 Å². The average Bonchev–Trinajstić information content (AvgIpc) is 3.47. The highest BCUT2D eigenvalue weighted by Gasteiger charge is 2.57. The number of ether oxygens (including phenoxy) is 1. The van der Waals surface area contributed by atoms with Crippen LogP contribution in [0.5, 0.6) is 5.75 Å². The first-order chi connectivity index (χ1) is 12.3. The lowest BCUT2D eigenvalue weighted by molar-refractivity contribution is -0.124. The number of hydrogen-bond acceptors (Lipinski definition) is 3. The molecule has 3 aliphatic carbocycles. The van der Waals surface area contributed by atoms with Gasteiger partial charge in [0, 0.05) is 23.0 Å². The Morgan fingerprint density at radius 3 is 2.35 bits per heavy atom. The zero-order valence-electron chi connectivity index (χ0n) is 15.1. The van der Waals surface area contributed by atoms with Gasteiger partial charge in [-0.15, -0.1) is 0 Å². The maximum Gasteiger partial charge on any atom is 0.258 e. The van der Waals surface area contributed by atoms with E-state index >= 15 is 0 Å². The molecule has 0 aromatic heterocycles. The van der Waals surface area contributed by atoms with Crippen molar-refractivity contribution in [3.05, 3.63) is 29.3 Å². The van der Waals surface area contributed by atoms with Gasteiger partial charge in [-0.25, -0.2) is 0 Å². The van der Waals surface area contributed by atoms with Gasteiger partial charge in [0.05, 0.1) is 0 Å². The Balaban J connectivity index is 1.23. The number of hydrogen-bond donors (Lipinski definition) is 2. The SMILES string of the molecule is CC1(C)CC1C(=O)N[C@@H]1C[C@H](NC(=O)COc2ccc(Cl)cc2)C2CC21. The van der Waals surface area contributed by atoms with E-state index in [0.717, 1.165) is 19.3 Å². The lowest BCUT2D eigenvalue weighted by Crippen LogP contribution is -2.42. The molecule has 1 aromatic carbocycles. The fraction of sp³-hybridized carbons (Fsp3) is 0.600. The summed E-state index contributed by atoms with van der Waals surface area (Å²) in [4.78, 5) is 24.5. The number of rotatable bonds is 6. The number of nitrogens with one attached hydrogen (secondary N) is 2. The summed E-state index contributed by atoms with van der Waals surface area (Å²) in [6.07, 6.45) is 2.88. The van der Waals surface area contributed by atoms with E-state index in [2.05, 4.69) is 24.5 Å². The van der Waals surface area contributed by atoms with Gasteiger partial charge in [-0.2, -0.15) is 0 Å². The molecule has 3 saturated carbocycles. The molecule has 1 aromatic rings. The van der Waals surface area contributed by atoms with E-state index in [9.17, 15) is 9.59 Å². The smallest absolute Gasteiger partial charge is 0.258 e. The van der Waals surface area contributed by atoms with Crippen LogP contribution in [0, 0.1) is 23.2 Å². The summed E-state index contributed by atoms with van der Waals surface area (Å²) < 4.78 is 5.50. The van der Waals surface area contributed by atoms with Crippen LogP contribution in [0.2, 0.25) is 5.02 Å². The summed E-state index contributed by atoms with van der Waals surface area (Å²) >= 11 is 5.83. The lowest BCUT2D eigenvalue weighted by Gasteiger charge is -2.19. The van der Waals surface area contributed by atoms with Crippen molar-refractivity contribution in [3.8, 4) is 5.75 Å². The van der Waals surface area contributed by atoms with Gasteiger partial charge in [0.2, 0.25) is 5.91 Å². The molecule has 5 atom stereocenters. The van der Waals surface area contributed by atoms with Gasteiger partial charge in [-0.3, -0.25) is 9.59 Å². The van der Waals surface area contributed by atoms with Crippen LogP contribution in [0.4, 0.5) is 0 Å². The number of carbonyl (C=O) groups excluding carboxylic acids is 2. The number of halogens is 1. The van der Waals surface area contributed by atoms with E-state index in [4.69, 9.17) is 16.3 Å². The van der Waals surface area contributed by atoms with E-state index in [-0.39, 0.29) is 41.8 Å². The first-order valence-electron chi connectivity index (χ1n) is 9.31. The minimum absolute atomic E-state index is 0.0111. The van der Waals surface area contributed by atoms with E-state index in [1.807, 2.05) is 0 Å². The molecule has 3 unspecified atom stereocenters. The molecule has 2 N–H and O–H groups in total. The minimum atomic E-state index is -0.120. The third-order valence-electron chi connectivity index (χ3n) is 6.12. The van der Waals surface area contributed by atoms with Crippen LogP contribution in [0.1, 0.15) is 33.1 Å². The van der Waals surface area contributed by atoms with Crippen molar-refractivity contribution in [2.24, 2.45) is 23.2 Å². The van der Waals surface area contributed by atoms with Crippen molar-refractivity contribution < 1.29 is 14.3 Å². The monoisotopic (exact) mass is 376 g/mol. The summed E-state index contributed by atoms with van der Waals surface area (Å²) in [7, 11) is 0. The first-order valence-corrected chi connectivity index (χ1v) is 9.69. The molecule has 26 heavy (non-hydrogen) atoms. The van der Waals surface area contributed by atoms with E-state index in [1.165, 1.54) is 0 Å². The number of carbonyl (C=O) groups is 2. The normalized spacial score (nSPS) is 33.1. The van der Waals surface area contributed by atoms with Crippen LogP contribution >= 0.6 is 11.6 Å². The largest absolute Gasteiger partial charge is 0.484 e. The number of fused-ring (bicyclic) bond motifs is 1. The second-order valence-corrected chi connectivity index (χ2v) is 9.01. The third kappa shape index (κ3) is 3.68. The molecule has 0 aliphatic heterocycles. The summed E-state index contributed by atoms with van der Waals surface area (Å²) in [5.74, 6) is 1.85. The molecule has 2 amide bonds. The topological polar surface area (TPSA) is 67.4 Å². The second-order valence-electron chi connectivity index (χ2n) is 8.58. The second kappa shape index (κ2) is 6.45. The molecule has 0 spiro atoms. The van der Waals surface area contributed by atoms with Gasteiger partial charge in [0.15, 0.2) is 6.61 Å². The maximum absolute atomic E-state index is 12.3. The Morgan fingerprint density at radius 1 is 1.12 bits per heavy atom. The minimum Gasteiger partial charge on any atom is -0.484 e. The maximum atomic E-state index is 12.3. The van der Waals surface area contributed by atoms with E-state index < -0.39 is 0 Å². The standard InChI is InChI=1S/C20H25ClN2O3/c1-20(2)9-15(20)19(25)23-17-8-16(13-7-14(13)17)22-18(24)10-26-12-5-3-11(21)4-6-12/h3-6,13-17H,7-10H2,1-2H3,(H,22,24)(H,23,25)/t13?,14?,15?,16-,17+/m0/s1. The molecule has 6 heteroatoms. The summed E-state index contributed by atoms with van der Waals surface area (Å²) in [6, 6.07) is 7.29. The van der Waals surface area contributed by atoms with Crippen LogP contribution in [0.25, 0.3) is 0 Å². The van der Waals surface area contributed by atoms with Crippen LogP contribution in [-0.2, 0) is 9.59 Å². The molecule has 3 fully saturated rings. The van der Waals surface area contributed by atoms with Crippen LogP contribution in [-0.4, -0.2) is 30.5 Å². The van der Waals surface area contributed by atoms with Gasteiger partial charge < -0.3 is 15.4 Å². The quantitative estimate of drug-likeness (QED) is 0.802. The van der Waals surface area contributed by atoms with Gasteiger partial charge >= 0.3 is 0 Å². The highest BCUT2D eigenvalue weighted by molar-refractivity contribution is 6.30. The predicted octanol–water partition coefficient (Wildman–Crippen LogP) is 2.77. The molecular weight excluding hydrogens is 352 g/mol. The average molecular weight is 377 g/mol. The Labute approximate surface area is 158 Å². The van der Waals surface area contributed by atoms with Crippen LogP contribution in [0.15, 0.2) is 24.3 Å². The van der Waals surface area contributed by atoms with Crippen molar-refractivity contribution in [1.29, 1.82) is 0 Å². The van der Waals surface area contributed by atoms with E-state index in [1.54, 1.807) is 24.3 Å². The fourth-order valence-corrected chi connectivity index (χ4v) is 4.37. The zero-order chi connectivity index (χ0) is 18.5. The fourth-order valence-electron chi connectivity index (χ4n) is 4.24. The van der Waals surface area contributed by atoms with Crippen molar-refractivity contribution >= 4 is 23.4 Å². The van der Waals surface area contributed by atoms with Gasteiger partial charge in [0.25, 0.3) is 5.91 Å². The van der Waals surface area contributed by atoms with Gasteiger partial charge in [0.1, 0.15) is 5.75 Å². The molecular formula is C20H25ClN2O3. The molecule has 140 valence electrons. The first kappa shape index (κ1) is 17.7. The Kier molecular flexibility index (Phi) is 4.38. The Hall–Kier alpha value is -1.75. The molecule has 5 nitrogen and oxygen atoms in total. The van der Waals surface area contributed by atoms with Crippen LogP contribution < -0.4 is 15.4 Å². The van der Waals surface area contributed by atoms with Crippen molar-refractivity contribution in [2.45, 2.75) is 45.2 Å². The van der Waals surface area contributed by atoms with E-state index in [0.29, 0.717) is 22.6 Å². The Morgan fingerprint density at radius 2 is 1.73 bits per heavy atom. The van der Waals surface area contributed by atoms with Gasteiger partial charge in [-0.1, -0.05) is 25.4 Å². The third-order valence-corrected chi connectivity index (χ3v) is 6.37. The predicted molar refractivity (Wildman–Crippen MR) is 98.9 cm³/mol. The summed E-state index contributed by atoms with van der Waals surface area (Å²) in [5.41, 5.74) is 0.151. The summed E-state index contributed by atoms with van der Waals surface area (Å²) in [6.45, 7) is 4.26. The highest BCUT2D eigenvalue weighted by atomic mass is 35.5. The molecule has 0 saturated heterocycles. The van der Waals surface area contributed by atoms with Crippen molar-refractivity contribution in [3.63, 3.8) is 0 Å². The summed E-state index contributed by atoms with van der Waals surface area (Å²) in [5, 5.41) is 6.93. The highest BCUT2D eigenvalue weighted by Crippen LogP contribution is 2.54. The number of benzene rings is 1. The van der Waals surface area contributed by atoms with Crippen LogP contribution in [0.3, 0.4) is 0 Å². The lowest BCUT2D eigenvalue weighted by atomic mass is 10.1. The van der Waals surface area contributed by atoms with Crippen molar-refractivity contribution in [2.75, 3.05) is 6.61 Å².